The molecule has 1 N–H and O–H groups in total. The monoisotopic (exact) mass is 285 g/mol. The molecule has 1 aliphatic carbocycles. The molecule has 0 aromatic heterocycles. The number of rotatable bonds is 6. The summed E-state index contributed by atoms with van der Waals surface area (Å²) in [5.41, 5.74) is 0.223. The van der Waals surface area contributed by atoms with Crippen LogP contribution in [0.4, 0.5) is 13.2 Å². The molecule has 3 unspecified atom stereocenters. The predicted octanol–water partition coefficient (Wildman–Crippen LogP) is 4.27. The van der Waals surface area contributed by atoms with E-state index in [0.29, 0.717) is 24.3 Å². The van der Waals surface area contributed by atoms with Gasteiger partial charge in [0.2, 0.25) is 0 Å². The number of alkyl halides is 3. The van der Waals surface area contributed by atoms with Gasteiger partial charge in [-0.1, -0.05) is 32.0 Å². The number of hydrogen-bond donors (Lipinski definition) is 1. The van der Waals surface area contributed by atoms with Gasteiger partial charge in [-0.15, -0.1) is 0 Å². The first-order valence-corrected chi connectivity index (χ1v) is 7.31. The maximum absolute atomic E-state index is 12.7. The molecule has 112 valence electrons. The highest BCUT2D eigenvalue weighted by Gasteiger charge is 2.39. The Kier molecular flexibility index (Phi) is 4.74. The van der Waals surface area contributed by atoms with E-state index in [-0.39, 0.29) is 0 Å². The fourth-order valence-corrected chi connectivity index (χ4v) is 2.74. The highest BCUT2D eigenvalue weighted by Crippen LogP contribution is 2.41. The topological polar surface area (TPSA) is 12.0 Å². The van der Waals surface area contributed by atoms with Crippen molar-refractivity contribution in [1.29, 1.82) is 0 Å². The summed E-state index contributed by atoms with van der Waals surface area (Å²) in [4.78, 5) is 0. The standard InChI is InChI=1S/C16H22F3N/c1-3-7-20-15(14-8-11(14)2)10-12-5-4-6-13(9-12)16(17,18)19/h4-6,9,11,14-15,20H,3,7-8,10H2,1-2H3. The minimum Gasteiger partial charge on any atom is -0.313 e. The highest BCUT2D eigenvalue weighted by molar-refractivity contribution is 5.26. The van der Waals surface area contributed by atoms with Crippen LogP contribution in [0.2, 0.25) is 0 Å². The molecule has 0 radical (unpaired) electrons. The van der Waals surface area contributed by atoms with E-state index in [2.05, 4.69) is 19.2 Å². The predicted molar refractivity (Wildman–Crippen MR) is 74.5 cm³/mol. The number of hydrogen-bond acceptors (Lipinski definition) is 1. The van der Waals surface area contributed by atoms with Gasteiger partial charge in [0.25, 0.3) is 0 Å². The summed E-state index contributed by atoms with van der Waals surface area (Å²) in [7, 11) is 0. The summed E-state index contributed by atoms with van der Waals surface area (Å²) in [5, 5.41) is 3.49. The van der Waals surface area contributed by atoms with Crippen molar-refractivity contribution in [2.24, 2.45) is 11.8 Å². The molecule has 1 aromatic carbocycles. The molecule has 0 bridgehead atoms. The molecule has 1 aromatic rings. The molecule has 1 saturated carbocycles. The Labute approximate surface area is 118 Å². The lowest BCUT2D eigenvalue weighted by atomic mass is 9.99. The Morgan fingerprint density at radius 1 is 1.35 bits per heavy atom. The molecule has 0 amide bonds. The van der Waals surface area contributed by atoms with Crippen molar-refractivity contribution in [3.63, 3.8) is 0 Å². The van der Waals surface area contributed by atoms with Crippen LogP contribution >= 0.6 is 0 Å². The van der Waals surface area contributed by atoms with Crippen molar-refractivity contribution in [2.45, 2.75) is 45.3 Å². The Hall–Kier alpha value is -1.03. The lowest BCUT2D eigenvalue weighted by Crippen LogP contribution is -2.34. The normalized spacial score (nSPS) is 23.6. The quantitative estimate of drug-likeness (QED) is 0.823. The van der Waals surface area contributed by atoms with E-state index in [4.69, 9.17) is 0 Å². The SMILES string of the molecule is CCCNC(Cc1cccc(C(F)(F)F)c1)C1CC1C. The molecule has 2 rings (SSSR count). The highest BCUT2D eigenvalue weighted by atomic mass is 19.4. The zero-order valence-corrected chi connectivity index (χ0v) is 12.0. The third kappa shape index (κ3) is 3.98. The molecular formula is C16H22F3N. The van der Waals surface area contributed by atoms with Gasteiger partial charge in [-0.2, -0.15) is 13.2 Å². The molecule has 1 fully saturated rings. The van der Waals surface area contributed by atoms with Gasteiger partial charge in [-0.3, -0.25) is 0 Å². The van der Waals surface area contributed by atoms with Crippen LogP contribution in [-0.2, 0) is 12.6 Å². The van der Waals surface area contributed by atoms with Crippen molar-refractivity contribution in [2.75, 3.05) is 6.54 Å². The Morgan fingerprint density at radius 3 is 2.60 bits per heavy atom. The van der Waals surface area contributed by atoms with Crippen LogP contribution in [0.3, 0.4) is 0 Å². The lowest BCUT2D eigenvalue weighted by Gasteiger charge is -2.19. The first-order chi connectivity index (χ1) is 9.41. The van der Waals surface area contributed by atoms with Gasteiger partial charge >= 0.3 is 6.18 Å². The van der Waals surface area contributed by atoms with Crippen LogP contribution < -0.4 is 5.32 Å². The summed E-state index contributed by atoms with van der Waals surface area (Å²) in [6, 6.07) is 6.02. The third-order valence-electron chi connectivity index (χ3n) is 4.05. The number of nitrogens with one attached hydrogen (secondary N) is 1. The fraction of sp³-hybridized carbons (Fsp3) is 0.625. The Bertz CT molecular complexity index is 442. The first kappa shape index (κ1) is 15.4. The van der Waals surface area contributed by atoms with Gasteiger partial charge in [0.05, 0.1) is 5.56 Å². The summed E-state index contributed by atoms with van der Waals surface area (Å²) >= 11 is 0. The van der Waals surface area contributed by atoms with Crippen LogP contribution in [0.15, 0.2) is 24.3 Å². The molecule has 4 heteroatoms. The van der Waals surface area contributed by atoms with Crippen molar-refractivity contribution in [3.05, 3.63) is 35.4 Å². The second-order valence-corrected chi connectivity index (χ2v) is 5.84. The second-order valence-electron chi connectivity index (χ2n) is 5.84. The van der Waals surface area contributed by atoms with Crippen LogP contribution in [0.5, 0.6) is 0 Å². The van der Waals surface area contributed by atoms with Gasteiger partial charge in [-0.05, 0) is 49.3 Å². The van der Waals surface area contributed by atoms with Gasteiger partial charge in [0.15, 0.2) is 0 Å². The summed E-state index contributed by atoms with van der Waals surface area (Å²) < 4.78 is 38.2. The molecular weight excluding hydrogens is 263 g/mol. The van der Waals surface area contributed by atoms with Crippen molar-refractivity contribution < 1.29 is 13.2 Å². The first-order valence-electron chi connectivity index (χ1n) is 7.31. The minimum absolute atomic E-state index is 0.299. The van der Waals surface area contributed by atoms with Crippen molar-refractivity contribution in [3.8, 4) is 0 Å². The van der Waals surface area contributed by atoms with E-state index in [9.17, 15) is 13.2 Å². The lowest BCUT2D eigenvalue weighted by molar-refractivity contribution is -0.137. The van der Waals surface area contributed by atoms with E-state index < -0.39 is 11.7 Å². The zero-order chi connectivity index (χ0) is 14.8. The molecule has 0 spiro atoms. The van der Waals surface area contributed by atoms with Crippen molar-refractivity contribution in [1.82, 2.24) is 5.32 Å². The van der Waals surface area contributed by atoms with E-state index in [1.54, 1.807) is 6.07 Å². The molecule has 0 heterocycles. The second kappa shape index (κ2) is 6.17. The van der Waals surface area contributed by atoms with Crippen LogP contribution in [0, 0.1) is 11.8 Å². The van der Waals surface area contributed by atoms with E-state index in [1.807, 2.05) is 0 Å². The van der Waals surface area contributed by atoms with Gasteiger partial charge in [-0.25, -0.2) is 0 Å². The molecule has 0 aliphatic heterocycles. The minimum atomic E-state index is -4.25. The molecule has 3 atom stereocenters. The Balaban J connectivity index is 2.06. The third-order valence-corrected chi connectivity index (χ3v) is 4.05. The molecule has 1 aliphatic rings. The largest absolute Gasteiger partial charge is 0.416 e. The van der Waals surface area contributed by atoms with Gasteiger partial charge in [0, 0.05) is 6.04 Å². The molecule has 1 nitrogen and oxygen atoms in total. The van der Waals surface area contributed by atoms with Crippen LogP contribution in [-0.4, -0.2) is 12.6 Å². The van der Waals surface area contributed by atoms with E-state index in [0.717, 1.165) is 24.6 Å². The summed E-state index contributed by atoms with van der Waals surface area (Å²) in [5.74, 6) is 1.30. The van der Waals surface area contributed by atoms with Crippen LogP contribution in [0.25, 0.3) is 0 Å². The fourth-order valence-electron chi connectivity index (χ4n) is 2.74. The number of benzene rings is 1. The average Bonchev–Trinajstić information content (AvgIpc) is 3.11. The van der Waals surface area contributed by atoms with E-state index >= 15 is 0 Å². The maximum Gasteiger partial charge on any atom is 0.416 e. The van der Waals surface area contributed by atoms with Crippen molar-refractivity contribution >= 4 is 0 Å². The Morgan fingerprint density at radius 2 is 2.05 bits per heavy atom. The van der Waals surface area contributed by atoms with Gasteiger partial charge in [0.1, 0.15) is 0 Å². The average molecular weight is 285 g/mol. The molecule has 0 saturated heterocycles. The zero-order valence-electron chi connectivity index (χ0n) is 12.0. The number of halogens is 3. The van der Waals surface area contributed by atoms with Gasteiger partial charge < -0.3 is 5.32 Å². The smallest absolute Gasteiger partial charge is 0.313 e. The maximum atomic E-state index is 12.7. The molecule has 20 heavy (non-hydrogen) atoms. The summed E-state index contributed by atoms with van der Waals surface area (Å²) in [6.07, 6.45) is -1.35. The van der Waals surface area contributed by atoms with E-state index in [1.165, 1.54) is 18.6 Å². The summed E-state index contributed by atoms with van der Waals surface area (Å²) in [6.45, 7) is 5.23. The van der Waals surface area contributed by atoms with Crippen LogP contribution in [0.1, 0.15) is 37.8 Å².